The Morgan fingerprint density at radius 3 is 2.66 bits per heavy atom. The van der Waals surface area contributed by atoms with E-state index in [9.17, 15) is 14.4 Å². The molecule has 3 aromatic rings. The zero-order valence-electron chi connectivity index (χ0n) is 19.4. The van der Waals surface area contributed by atoms with Gasteiger partial charge in [-0.2, -0.15) is 0 Å². The standard InChI is InChI=1S/C27H26ClN3O3S/c1-18-6-4-5-13-30(18)25(32)17-29-16-20(22-7-2-3-8-23(22)29)14-24-26(33)31(27(34)35-24)15-19-9-11-21(28)12-10-19/h2-3,7-12,14,16,18H,4-6,13,15,17H2,1H3/b24-14-/t18-/m0/s1. The van der Waals surface area contributed by atoms with E-state index in [1.807, 2.05) is 52.1 Å². The third-order valence-corrected chi connectivity index (χ3v) is 7.82. The summed E-state index contributed by atoms with van der Waals surface area (Å²) in [4.78, 5) is 42.4. The molecule has 2 aliphatic rings. The van der Waals surface area contributed by atoms with Crippen LogP contribution < -0.4 is 0 Å². The summed E-state index contributed by atoms with van der Waals surface area (Å²) in [6, 6.07) is 15.2. The number of piperidine rings is 1. The number of hydrogen-bond acceptors (Lipinski definition) is 4. The van der Waals surface area contributed by atoms with Gasteiger partial charge in [-0.25, -0.2) is 0 Å². The number of benzene rings is 2. The molecule has 2 aliphatic heterocycles. The van der Waals surface area contributed by atoms with Crippen molar-refractivity contribution in [2.24, 2.45) is 0 Å². The Morgan fingerprint density at radius 1 is 1.11 bits per heavy atom. The first-order chi connectivity index (χ1) is 16.9. The van der Waals surface area contributed by atoms with E-state index in [-0.39, 0.29) is 36.2 Å². The maximum Gasteiger partial charge on any atom is 0.293 e. The molecule has 6 nitrogen and oxygen atoms in total. The van der Waals surface area contributed by atoms with Gasteiger partial charge in [-0.05, 0) is 67.8 Å². The summed E-state index contributed by atoms with van der Waals surface area (Å²) in [5, 5.41) is 1.25. The molecule has 180 valence electrons. The lowest BCUT2D eigenvalue weighted by atomic mass is 10.0. The van der Waals surface area contributed by atoms with Crippen molar-refractivity contribution in [1.29, 1.82) is 0 Å². The fraction of sp³-hybridized carbons (Fsp3) is 0.296. The number of hydrogen-bond donors (Lipinski definition) is 0. The molecule has 0 aliphatic carbocycles. The second-order valence-electron chi connectivity index (χ2n) is 9.06. The van der Waals surface area contributed by atoms with Crippen molar-refractivity contribution in [1.82, 2.24) is 14.4 Å². The minimum absolute atomic E-state index is 0.104. The van der Waals surface area contributed by atoms with Crippen LogP contribution in [0.2, 0.25) is 5.02 Å². The maximum atomic E-state index is 13.1. The van der Waals surface area contributed by atoms with E-state index >= 15 is 0 Å². The number of aromatic nitrogens is 1. The second-order valence-corrected chi connectivity index (χ2v) is 10.5. The Labute approximate surface area is 213 Å². The lowest BCUT2D eigenvalue weighted by Crippen LogP contribution is -2.43. The number of fused-ring (bicyclic) bond motifs is 1. The van der Waals surface area contributed by atoms with Crippen LogP contribution in [0.25, 0.3) is 17.0 Å². The highest BCUT2D eigenvalue weighted by molar-refractivity contribution is 8.18. The molecular weight excluding hydrogens is 482 g/mol. The number of halogens is 1. The van der Waals surface area contributed by atoms with Gasteiger partial charge >= 0.3 is 0 Å². The first kappa shape index (κ1) is 23.7. The molecule has 1 atom stereocenters. The largest absolute Gasteiger partial charge is 0.338 e. The van der Waals surface area contributed by atoms with Crippen molar-refractivity contribution in [3.05, 3.63) is 75.8 Å². The molecule has 35 heavy (non-hydrogen) atoms. The van der Waals surface area contributed by atoms with E-state index < -0.39 is 0 Å². The molecule has 3 heterocycles. The first-order valence-corrected chi connectivity index (χ1v) is 13.0. The normalized spacial score (nSPS) is 19.8. The fourth-order valence-electron chi connectivity index (χ4n) is 4.78. The van der Waals surface area contributed by atoms with Crippen LogP contribution in [-0.4, -0.2) is 44.0 Å². The van der Waals surface area contributed by atoms with Gasteiger partial charge in [-0.3, -0.25) is 19.3 Å². The summed E-state index contributed by atoms with van der Waals surface area (Å²) in [6.45, 7) is 3.35. The molecule has 8 heteroatoms. The highest BCUT2D eigenvalue weighted by Crippen LogP contribution is 2.35. The molecule has 2 saturated heterocycles. The predicted octanol–water partition coefficient (Wildman–Crippen LogP) is 5.93. The minimum atomic E-state index is -0.315. The molecule has 0 radical (unpaired) electrons. The molecule has 0 spiro atoms. The summed E-state index contributed by atoms with van der Waals surface area (Å²) in [5.74, 6) is -0.210. The number of nitrogens with zero attached hydrogens (tertiary/aromatic N) is 3. The average Bonchev–Trinajstić information content (AvgIpc) is 3.32. The topological polar surface area (TPSA) is 62.6 Å². The van der Waals surface area contributed by atoms with Crippen LogP contribution in [0.3, 0.4) is 0 Å². The van der Waals surface area contributed by atoms with E-state index in [4.69, 9.17) is 11.6 Å². The number of amides is 3. The van der Waals surface area contributed by atoms with Gasteiger partial charge in [0.2, 0.25) is 5.91 Å². The molecule has 0 unspecified atom stereocenters. The Bertz CT molecular complexity index is 1330. The monoisotopic (exact) mass is 507 g/mol. The van der Waals surface area contributed by atoms with Gasteiger partial charge in [-0.15, -0.1) is 0 Å². The molecule has 2 fully saturated rings. The fourth-order valence-corrected chi connectivity index (χ4v) is 5.73. The third-order valence-electron chi connectivity index (χ3n) is 6.66. The lowest BCUT2D eigenvalue weighted by Gasteiger charge is -2.33. The number of rotatable bonds is 5. The molecular formula is C27H26ClN3O3S. The number of para-hydroxylation sites is 1. The number of carbonyl (C=O) groups excluding carboxylic acids is 3. The molecule has 0 saturated carbocycles. The van der Waals surface area contributed by atoms with Crippen LogP contribution in [0.1, 0.15) is 37.3 Å². The van der Waals surface area contributed by atoms with Crippen molar-refractivity contribution < 1.29 is 14.4 Å². The van der Waals surface area contributed by atoms with Crippen molar-refractivity contribution in [2.75, 3.05) is 6.54 Å². The number of imide groups is 1. The SMILES string of the molecule is C[C@H]1CCCCN1C(=O)Cn1cc(/C=C2\SC(=O)N(Cc3ccc(Cl)cc3)C2=O)c2ccccc21. The minimum Gasteiger partial charge on any atom is -0.338 e. The van der Waals surface area contributed by atoms with Crippen LogP contribution in [0.15, 0.2) is 59.6 Å². The van der Waals surface area contributed by atoms with Gasteiger partial charge in [0.25, 0.3) is 11.1 Å². The van der Waals surface area contributed by atoms with Gasteiger partial charge in [0.05, 0.1) is 11.4 Å². The summed E-state index contributed by atoms with van der Waals surface area (Å²) in [5.41, 5.74) is 2.58. The van der Waals surface area contributed by atoms with Crippen LogP contribution in [0.5, 0.6) is 0 Å². The maximum absolute atomic E-state index is 13.1. The number of thioether (sulfide) groups is 1. The van der Waals surface area contributed by atoms with Crippen molar-refractivity contribution in [2.45, 2.75) is 45.3 Å². The summed E-state index contributed by atoms with van der Waals surface area (Å²) >= 11 is 6.89. The van der Waals surface area contributed by atoms with E-state index in [0.717, 1.165) is 59.6 Å². The van der Waals surface area contributed by atoms with Crippen molar-refractivity contribution >= 4 is 57.4 Å². The first-order valence-electron chi connectivity index (χ1n) is 11.8. The summed E-state index contributed by atoms with van der Waals surface area (Å²) in [7, 11) is 0. The van der Waals surface area contributed by atoms with Crippen LogP contribution in [0.4, 0.5) is 4.79 Å². The van der Waals surface area contributed by atoms with Crippen LogP contribution in [0, 0.1) is 0 Å². The second kappa shape index (κ2) is 9.91. The smallest absolute Gasteiger partial charge is 0.293 e. The molecule has 2 aromatic carbocycles. The van der Waals surface area contributed by atoms with Crippen LogP contribution >= 0.6 is 23.4 Å². The Balaban J connectivity index is 1.40. The molecule has 5 rings (SSSR count). The molecule has 1 aromatic heterocycles. The summed E-state index contributed by atoms with van der Waals surface area (Å²) < 4.78 is 1.95. The number of likely N-dealkylation sites (tertiary alicyclic amines) is 1. The van der Waals surface area contributed by atoms with Gasteiger partial charge in [0.1, 0.15) is 6.54 Å². The van der Waals surface area contributed by atoms with Gasteiger partial charge in [0, 0.05) is 40.3 Å². The predicted molar refractivity (Wildman–Crippen MR) is 140 cm³/mol. The van der Waals surface area contributed by atoms with Crippen molar-refractivity contribution in [3.8, 4) is 0 Å². The zero-order valence-corrected chi connectivity index (χ0v) is 21.0. The van der Waals surface area contributed by atoms with E-state index in [1.165, 1.54) is 4.90 Å². The zero-order chi connectivity index (χ0) is 24.5. The van der Waals surface area contributed by atoms with Gasteiger partial charge < -0.3 is 9.47 Å². The van der Waals surface area contributed by atoms with Crippen molar-refractivity contribution in [3.63, 3.8) is 0 Å². The average molecular weight is 508 g/mol. The van der Waals surface area contributed by atoms with Gasteiger partial charge in [-0.1, -0.05) is 41.9 Å². The van der Waals surface area contributed by atoms with Gasteiger partial charge in [0.15, 0.2) is 0 Å². The quantitative estimate of drug-likeness (QED) is 0.401. The van der Waals surface area contributed by atoms with E-state index in [2.05, 4.69) is 6.92 Å². The third kappa shape index (κ3) is 4.88. The number of carbonyl (C=O) groups is 3. The Morgan fingerprint density at radius 2 is 1.89 bits per heavy atom. The molecule has 3 amide bonds. The lowest BCUT2D eigenvalue weighted by molar-refractivity contribution is -0.135. The molecule has 0 bridgehead atoms. The molecule has 0 N–H and O–H groups in total. The van der Waals surface area contributed by atoms with E-state index in [0.29, 0.717) is 9.93 Å². The Kier molecular flexibility index (Phi) is 6.71. The van der Waals surface area contributed by atoms with E-state index in [1.54, 1.807) is 18.2 Å². The Hall–Kier alpha value is -3.03. The summed E-state index contributed by atoms with van der Waals surface area (Å²) in [6.07, 6.45) is 6.91. The van der Waals surface area contributed by atoms with Crippen LogP contribution in [-0.2, 0) is 22.7 Å². The highest BCUT2D eigenvalue weighted by atomic mass is 35.5. The highest BCUT2D eigenvalue weighted by Gasteiger charge is 2.35.